The fraction of sp³-hybridized carbons (Fsp3) is 0.467. The van der Waals surface area contributed by atoms with Crippen molar-refractivity contribution in [3.63, 3.8) is 0 Å². The predicted octanol–water partition coefficient (Wildman–Crippen LogP) is 1.60. The summed E-state index contributed by atoms with van der Waals surface area (Å²) >= 11 is 0. The minimum Gasteiger partial charge on any atom is -0.481 e. The minimum atomic E-state index is -1.19. The number of aliphatic carboxylic acids is 1. The third-order valence-electron chi connectivity index (χ3n) is 2.73. The largest absolute Gasteiger partial charge is 0.481 e. The number of ether oxygens (including phenoxy) is 1. The van der Waals surface area contributed by atoms with Crippen LogP contribution in [0.15, 0.2) is 30.3 Å². The fourth-order valence-corrected chi connectivity index (χ4v) is 1.77. The molecule has 3 N–H and O–H groups in total. The zero-order valence-corrected chi connectivity index (χ0v) is 12.0. The molecule has 0 saturated carbocycles. The summed E-state index contributed by atoms with van der Waals surface area (Å²) in [6, 6.07) is 7.88. The third-order valence-corrected chi connectivity index (χ3v) is 2.73. The number of hydrogen-bond acceptors (Lipinski definition) is 4. The summed E-state index contributed by atoms with van der Waals surface area (Å²) in [7, 11) is 0. The molecule has 0 amide bonds. The van der Waals surface area contributed by atoms with E-state index in [1.807, 2.05) is 18.2 Å². The van der Waals surface area contributed by atoms with E-state index >= 15 is 0 Å². The highest BCUT2D eigenvalue weighted by Gasteiger charge is 2.33. The molecule has 1 aromatic rings. The molecule has 0 fully saturated rings. The van der Waals surface area contributed by atoms with Crippen molar-refractivity contribution in [3.8, 4) is 0 Å². The van der Waals surface area contributed by atoms with Gasteiger partial charge in [0.2, 0.25) is 0 Å². The van der Waals surface area contributed by atoms with Crippen LogP contribution in [0.3, 0.4) is 0 Å². The lowest BCUT2D eigenvalue weighted by Crippen LogP contribution is -2.46. The minimum absolute atomic E-state index is 0.191. The van der Waals surface area contributed by atoms with Gasteiger partial charge < -0.3 is 15.6 Å². The van der Waals surface area contributed by atoms with Crippen LogP contribution in [0.5, 0.6) is 0 Å². The van der Waals surface area contributed by atoms with Gasteiger partial charge in [-0.2, -0.15) is 0 Å². The Balaban J connectivity index is 2.81. The number of carbonyl (C=O) groups is 2. The second-order valence-electron chi connectivity index (χ2n) is 5.69. The first-order chi connectivity index (χ1) is 9.20. The first kappa shape index (κ1) is 16.2. The molecule has 0 radical (unpaired) electrons. The highest BCUT2D eigenvalue weighted by Crippen LogP contribution is 2.16. The zero-order valence-electron chi connectivity index (χ0n) is 12.0. The molecular weight excluding hydrogens is 258 g/mol. The fourth-order valence-electron chi connectivity index (χ4n) is 1.77. The van der Waals surface area contributed by atoms with Crippen LogP contribution < -0.4 is 5.73 Å². The summed E-state index contributed by atoms with van der Waals surface area (Å²) in [5.41, 5.74) is 5.89. The highest BCUT2D eigenvalue weighted by molar-refractivity contribution is 5.84. The Labute approximate surface area is 118 Å². The number of carboxylic acid groups (broad SMARTS) is 1. The van der Waals surface area contributed by atoms with E-state index in [9.17, 15) is 14.7 Å². The third kappa shape index (κ3) is 5.01. The van der Waals surface area contributed by atoms with E-state index in [1.54, 1.807) is 32.9 Å². The molecule has 5 nitrogen and oxygen atoms in total. The molecule has 110 valence electrons. The Hall–Kier alpha value is -1.88. The molecule has 20 heavy (non-hydrogen) atoms. The van der Waals surface area contributed by atoms with Crippen molar-refractivity contribution in [2.75, 3.05) is 0 Å². The normalized spacial score (nSPS) is 14.4. The lowest BCUT2D eigenvalue weighted by molar-refractivity contribution is -0.161. The van der Waals surface area contributed by atoms with Crippen LogP contribution >= 0.6 is 0 Å². The molecule has 0 aliphatic carbocycles. The van der Waals surface area contributed by atoms with E-state index < -0.39 is 29.5 Å². The van der Waals surface area contributed by atoms with Crippen LogP contribution in [-0.4, -0.2) is 28.7 Å². The molecule has 0 aliphatic heterocycles. The number of esters is 1. The van der Waals surface area contributed by atoms with E-state index in [2.05, 4.69) is 0 Å². The first-order valence-electron chi connectivity index (χ1n) is 6.46. The number of hydrogen-bond donors (Lipinski definition) is 2. The zero-order chi connectivity index (χ0) is 15.3. The number of carbonyl (C=O) groups excluding carboxylic acids is 1. The van der Waals surface area contributed by atoms with Crippen molar-refractivity contribution in [3.05, 3.63) is 35.9 Å². The maximum Gasteiger partial charge on any atom is 0.324 e. The van der Waals surface area contributed by atoms with Crippen molar-refractivity contribution in [1.29, 1.82) is 0 Å². The van der Waals surface area contributed by atoms with Gasteiger partial charge in [-0.05, 0) is 32.8 Å². The standard InChI is InChI=1S/C15H21NO4/c1-15(2,3)20-14(19)12(16)11(13(17)18)9-10-7-5-4-6-8-10/h4-8,11-12H,9,16H2,1-3H3,(H,17,18). The Morgan fingerprint density at radius 2 is 1.80 bits per heavy atom. The lowest BCUT2D eigenvalue weighted by Gasteiger charge is -2.25. The molecule has 0 aromatic heterocycles. The summed E-state index contributed by atoms with van der Waals surface area (Å²) in [4.78, 5) is 23.2. The molecule has 0 bridgehead atoms. The molecule has 0 heterocycles. The SMILES string of the molecule is CC(C)(C)OC(=O)C(N)C(Cc1ccccc1)C(=O)O. The van der Waals surface area contributed by atoms with Gasteiger partial charge in [-0.1, -0.05) is 30.3 Å². The van der Waals surface area contributed by atoms with Gasteiger partial charge in [0.05, 0.1) is 5.92 Å². The smallest absolute Gasteiger partial charge is 0.324 e. The average Bonchev–Trinajstić information content (AvgIpc) is 2.34. The molecule has 2 atom stereocenters. The summed E-state index contributed by atoms with van der Waals surface area (Å²) in [5, 5.41) is 9.26. The number of carboxylic acids is 1. The molecule has 0 spiro atoms. The monoisotopic (exact) mass is 279 g/mol. The Bertz CT molecular complexity index is 465. The maximum absolute atomic E-state index is 11.9. The molecule has 1 aromatic carbocycles. The van der Waals surface area contributed by atoms with Crippen LogP contribution in [0, 0.1) is 5.92 Å². The van der Waals surface area contributed by atoms with Crippen molar-refractivity contribution in [2.24, 2.45) is 11.7 Å². The summed E-state index contributed by atoms with van der Waals surface area (Å²) in [6.07, 6.45) is 0.191. The summed E-state index contributed by atoms with van der Waals surface area (Å²) in [6.45, 7) is 5.14. The summed E-state index contributed by atoms with van der Waals surface area (Å²) in [5.74, 6) is -2.81. The molecule has 0 aliphatic rings. The molecule has 5 heteroatoms. The topological polar surface area (TPSA) is 89.6 Å². The number of rotatable bonds is 5. The number of nitrogens with two attached hydrogens (primary N) is 1. The van der Waals surface area contributed by atoms with Crippen molar-refractivity contribution in [1.82, 2.24) is 0 Å². The second-order valence-corrected chi connectivity index (χ2v) is 5.69. The van der Waals surface area contributed by atoms with Crippen molar-refractivity contribution in [2.45, 2.75) is 38.8 Å². The van der Waals surface area contributed by atoms with E-state index in [1.165, 1.54) is 0 Å². The van der Waals surface area contributed by atoms with Crippen LogP contribution in [-0.2, 0) is 20.7 Å². The molecule has 0 saturated heterocycles. The lowest BCUT2D eigenvalue weighted by atomic mass is 9.92. The van der Waals surface area contributed by atoms with Crippen LogP contribution in [0.25, 0.3) is 0 Å². The van der Waals surface area contributed by atoms with Gasteiger partial charge in [0.1, 0.15) is 11.6 Å². The Morgan fingerprint density at radius 3 is 2.25 bits per heavy atom. The van der Waals surface area contributed by atoms with Crippen LogP contribution in [0.1, 0.15) is 26.3 Å². The van der Waals surface area contributed by atoms with Gasteiger partial charge in [0, 0.05) is 0 Å². The number of benzene rings is 1. The quantitative estimate of drug-likeness (QED) is 0.799. The summed E-state index contributed by atoms with van der Waals surface area (Å²) < 4.78 is 5.14. The Morgan fingerprint density at radius 1 is 1.25 bits per heavy atom. The van der Waals surface area contributed by atoms with Gasteiger partial charge in [-0.25, -0.2) is 0 Å². The van der Waals surface area contributed by atoms with Crippen LogP contribution in [0.2, 0.25) is 0 Å². The maximum atomic E-state index is 11.9. The molecule has 1 rings (SSSR count). The van der Waals surface area contributed by atoms with E-state index in [-0.39, 0.29) is 6.42 Å². The average molecular weight is 279 g/mol. The van der Waals surface area contributed by atoms with Gasteiger partial charge in [0.15, 0.2) is 0 Å². The Kier molecular flexibility index (Phi) is 5.27. The van der Waals surface area contributed by atoms with E-state index in [4.69, 9.17) is 10.5 Å². The van der Waals surface area contributed by atoms with Gasteiger partial charge in [-0.3, -0.25) is 9.59 Å². The van der Waals surface area contributed by atoms with Crippen molar-refractivity contribution < 1.29 is 19.4 Å². The molecule has 2 unspecified atom stereocenters. The van der Waals surface area contributed by atoms with Gasteiger partial charge in [0.25, 0.3) is 0 Å². The van der Waals surface area contributed by atoms with Gasteiger partial charge in [-0.15, -0.1) is 0 Å². The highest BCUT2D eigenvalue weighted by atomic mass is 16.6. The first-order valence-corrected chi connectivity index (χ1v) is 6.46. The van der Waals surface area contributed by atoms with E-state index in [0.29, 0.717) is 0 Å². The second kappa shape index (κ2) is 6.52. The van der Waals surface area contributed by atoms with Crippen molar-refractivity contribution >= 4 is 11.9 Å². The molecular formula is C15H21NO4. The predicted molar refractivity (Wildman–Crippen MR) is 75.1 cm³/mol. The van der Waals surface area contributed by atoms with Gasteiger partial charge >= 0.3 is 11.9 Å². The van der Waals surface area contributed by atoms with Crippen LogP contribution in [0.4, 0.5) is 0 Å². The van der Waals surface area contributed by atoms with E-state index in [0.717, 1.165) is 5.56 Å².